The zero-order valence-electron chi connectivity index (χ0n) is 8.45. The minimum absolute atomic E-state index is 0.244. The Morgan fingerprint density at radius 1 is 1.53 bits per heavy atom. The third-order valence-corrected chi connectivity index (χ3v) is 2.19. The van der Waals surface area contributed by atoms with E-state index < -0.39 is 29.1 Å². The molecule has 1 aromatic rings. The molecule has 0 aliphatic carbocycles. The number of esters is 1. The van der Waals surface area contributed by atoms with Crippen molar-refractivity contribution in [2.75, 3.05) is 7.11 Å². The number of hydrogen-bond acceptors (Lipinski definition) is 4. The Kier molecular flexibility index (Phi) is 3.94. The van der Waals surface area contributed by atoms with Crippen LogP contribution >= 0.6 is 11.6 Å². The van der Waals surface area contributed by atoms with Gasteiger partial charge in [0.25, 0.3) is 0 Å². The predicted octanol–water partition coefficient (Wildman–Crippen LogP) is 1.96. The van der Waals surface area contributed by atoms with Crippen molar-refractivity contribution in [3.63, 3.8) is 0 Å². The molecule has 0 spiro atoms. The fourth-order valence-corrected chi connectivity index (χ4v) is 1.30. The number of halogens is 4. The molecule has 1 N–H and O–H groups in total. The lowest BCUT2D eigenvalue weighted by molar-refractivity contribution is -0.150. The molecule has 0 aliphatic heterocycles. The summed E-state index contributed by atoms with van der Waals surface area (Å²) in [7, 11) is 1.02. The van der Waals surface area contributed by atoms with E-state index in [2.05, 4.69) is 9.72 Å². The van der Waals surface area contributed by atoms with Crippen LogP contribution in [-0.4, -0.2) is 23.2 Å². The van der Waals surface area contributed by atoms with Crippen molar-refractivity contribution in [1.29, 1.82) is 0 Å². The number of carbonyl (C=O) groups excluding carboxylic acids is 1. The maximum atomic E-state index is 12.3. The van der Waals surface area contributed by atoms with E-state index in [0.717, 1.165) is 13.2 Å². The molecule has 0 fully saturated rings. The Morgan fingerprint density at radius 3 is 2.53 bits per heavy atom. The van der Waals surface area contributed by atoms with Crippen LogP contribution in [0.5, 0.6) is 0 Å². The lowest BCUT2D eigenvalue weighted by Gasteiger charge is -2.12. The molecule has 0 saturated carbocycles. The van der Waals surface area contributed by atoms with E-state index in [-0.39, 0.29) is 5.56 Å². The number of aromatic nitrogens is 1. The van der Waals surface area contributed by atoms with Gasteiger partial charge in [0.15, 0.2) is 6.10 Å². The van der Waals surface area contributed by atoms with Gasteiger partial charge in [-0.15, -0.1) is 0 Å². The Bertz CT molecular complexity index is 436. The third-order valence-electron chi connectivity index (χ3n) is 1.89. The minimum atomic E-state index is -4.64. The first-order valence-electron chi connectivity index (χ1n) is 4.27. The van der Waals surface area contributed by atoms with E-state index in [1.54, 1.807) is 0 Å². The second-order valence-corrected chi connectivity index (χ2v) is 3.36. The highest BCUT2D eigenvalue weighted by Gasteiger charge is 2.34. The van der Waals surface area contributed by atoms with Gasteiger partial charge in [0.1, 0.15) is 10.8 Å². The zero-order valence-corrected chi connectivity index (χ0v) is 9.21. The number of pyridine rings is 1. The molecule has 1 heterocycles. The van der Waals surface area contributed by atoms with Gasteiger partial charge in [-0.05, 0) is 6.07 Å². The second kappa shape index (κ2) is 4.89. The average Bonchev–Trinajstić information content (AvgIpc) is 2.25. The quantitative estimate of drug-likeness (QED) is 0.659. The van der Waals surface area contributed by atoms with Crippen LogP contribution < -0.4 is 0 Å². The van der Waals surface area contributed by atoms with E-state index in [0.29, 0.717) is 6.07 Å². The van der Waals surface area contributed by atoms with Crippen LogP contribution in [0.4, 0.5) is 13.2 Å². The molecule has 0 aliphatic rings. The molecule has 0 saturated heterocycles. The SMILES string of the molecule is COC(=O)C(O)c1ccc(C(F)(F)F)nc1Cl. The Morgan fingerprint density at radius 2 is 2.12 bits per heavy atom. The maximum Gasteiger partial charge on any atom is 0.433 e. The van der Waals surface area contributed by atoms with Gasteiger partial charge in [0.2, 0.25) is 0 Å². The lowest BCUT2D eigenvalue weighted by atomic mass is 10.1. The van der Waals surface area contributed by atoms with Crippen LogP contribution in [-0.2, 0) is 15.7 Å². The Labute approximate surface area is 99.0 Å². The van der Waals surface area contributed by atoms with Crippen LogP contribution in [0.2, 0.25) is 5.15 Å². The number of aliphatic hydroxyl groups is 1. The molecular weight excluding hydrogens is 263 g/mol. The van der Waals surface area contributed by atoms with Crippen LogP contribution in [0.3, 0.4) is 0 Å². The van der Waals surface area contributed by atoms with Crippen LogP contribution in [0.1, 0.15) is 17.4 Å². The first kappa shape index (κ1) is 13.7. The fourth-order valence-electron chi connectivity index (χ4n) is 1.05. The molecular formula is C9H7ClF3NO3. The molecule has 1 atom stereocenters. The summed E-state index contributed by atoms with van der Waals surface area (Å²) >= 11 is 5.45. The van der Waals surface area contributed by atoms with Gasteiger partial charge in [-0.25, -0.2) is 9.78 Å². The average molecular weight is 270 g/mol. The van der Waals surface area contributed by atoms with Crippen molar-refractivity contribution in [1.82, 2.24) is 4.98 Å². The number of hydrogen-bond donors (Lipinski definition) is 1. The third kappa shape index (κ3) is 3.07. The van der Waals surface area contributed by atoms with Gasteiger partial charge >= 0.3 is 12.1 Å². The molecule has 1 unspecified atom stereocenters. The topological polar surface area (TPSA) is 59.4 Å². The van der Waals surface area contributed by atoms with E-state index in [1.807, 2.05) is 0 Å². The van der Waals surface area contributed by atoms with E-state index in [4.69, 9.17) is 11.6 Å². The second-order valence-electron chi connectivity index (χ2n) is 3.00. The lowest BCUT2D eigenvalue weighted by Crippen LogP contribution is -2.16. The Balaban J connectivity index is 3.10. The maximum absolute atomic E-state index is 12.3. The number of carbonyl (C=O) groups is 1. The molecule has 0 aromatic carbocycles. The number of rotatable bonds is 2. The van der Waals surface area contributed by atoms with Crippen molar-refractivity contribution in [3.05, 3.63) is 28.5 Å². The zero-order chi connectivity index (χ0) is 13.2. The summed E-state index contributed by atoms with van der Waals surface area (Å²) in [4.78, 5) is 14.0. The van der Waals surface area contributed by atoms with E-state index >= 15 is 0 Å². The molecule has 1 aromatic heterocycles. The highest BCUT2D eigenvalue weighted by Crippen LogP contribution is 2.31. The van der Waals surface area contributed by atoms with Gasteiger partial charge in [0.05, 0.1) is 7.11 Å². The van der Waals surface area contributed by atoms with Crippen molar-refractivity contribution < 1.29 is 27.8 Å². The molecule has 8 heteroatoms. The summed E-state index contributed by atoms with van der Waals surface area (Å²) in [6.07, 6.45) is -6.40. The normalized spacial score (nSPS) is 13.3. The highest BCUT2D eigenvalue weighted by molar-refractivity contribution is 6.30. The summed E-state index contributed by atoms with van der Waals surface area (Å²) in [6.45, 7) is 0. The number of nitrogens with zero attached hydrogens (tertiary/aromatic N) is 1. The highest BCUT2D eigenvalue weighted by atomic mass is 35.5. The van der Waals surface area contributed by atoms with Crippen LogP contribution in [0.15, 0.2) is 12.1 Å². The summed E-state index contributed by atoms with van der Waals surface area (Å²) in [6, 6.07) is 1.49. The fraction of sp³-hybridized carbons (Fsp3) is 0.333. The van der Waals surface area contributed by atoms with Crippen molar-refractivity contribution >= 4 is 17.6 Å². The van der Waals surface area contributed by atoms with Gasteiger partial charge < -0.3 is 9.84 Å². The summed E-state index contributed by atoms with van der Waals surface area (Å²) < 4.78 is 41.0. The smallest absolute Gasteiger partial charge is 0.433 e. The van der Waals surface area contributed by atoms with Crippen molar-refractivity contribution in [3.8, 4) is 0 Å². The molecule has 0 bridgehead atoms. The first-order chi connectivity index (χ1) is 7.77. The predicted molar refractivity (Wildman–Crippen MR) is 51.2 cm³/mol. The van der Waals surface area contributed by atoms with Gasteiger partial charge in [-0.3, -0.25) is 0 Å². The molecule has 94 valence electrons. The standard InChI is InChI=1S/C9H7ClF3NO3/c1-17-8(16)6(15)4-2-3-5(9(11,12)13)14-7(4)10/h2-3,6,15H,1H3. The van der Waals surface area contributed by atoms with Gasteiger partial charge in [-0.1, -0.05) is 17.7 Å². The molecule has 17 heavy (non-hydrogen) atoms. The number of alkyl halides is 3. The summed E-state index contributed by atoms with van der Waals surface area (Å²) in [5.74, 6) is -1.03. The monoisotopic (exact) mass is 269 g/mol. The van der Waals surface area contributed by atoms with Gasteiger partial charge in [0, 0.05) is 5.56 Å². The van der Waals surface area contributed by atoms with Crippen LogP contribution in [0.25, 0.3) is 0 Å². The summed E-state index contributed by atoms with van der Waals surface area (Å²) in [5, 5.41) is 8.78. The van der Waals surface area contributed by atoms with Crippen LogP contribution in [0, 0.1) is 0 Å². The molecule has 1 rings (SSSR count). The minimum Gasteiger partial charge on any atom is -0.467 e. The van der Waals surface area contributed by atoms with E-state index in [1.165, 1.54) is 0 Å². The number of methoxy groups -OCH3 is 1. The van der Waals surface area contributed by atoms with Crippen molar-refractivity contribution in [2.45, 2.75) is 12.3 Å². The summed E-state index contributed by atoms with van der Waals surface area (Å²) in [5.41, 5.74) is -1.45. The Hall–Kier alpha value is -1.34. The molecule has 0 radical (unpaired) electrons. The molecule has 0 amide bonds. The van der Waals surface area contributed by atoms with Gasteiger partial charge in [-0.2, -0.15) is 13.2 Å². The molecule has 4 nitrogen and oxygen atoms in total. The first-order valence-corrected chi connectivity index (χ1v) is 4.64. The largest absolute Gasteiger partial charge is 0.467 e. The number of aliphatic hydroxyl groups excluding tert-OH is 1. The van der Waals surface area contributed by atoms with E-state index in [9.17, 15) is 23.1 Å². The van der Waals surface area contributed by atoms with Crippen molar-refractivity contribution in [2.24, 2.45) is 0 Å². The number of ether oxygens (including phenoxy) is 1.